The van der Waals surface area contributed by atoms with Crippen molar-refractivity contribution in [2.45, 2.75) is 137 Å². The van der Waals surface area contributed by atoms with Gasteiger partial charge in [0.15, 0.2) is 37.7 Å². The monoisotopic (exact) mass is 787 g/mol. The van der Waals surface area contributed by atoms with Gasteiger partial charge in [-0.25, -0.2) is 0 Å². The van der Waals surface area contributed by atoms with Crippen LogP contribution >= 0.6 is 0 Å². The lowest BCUT2D eigenvalue weighted by atomic mass is 10.2. The van der Waals surface area contributed by atoms with Gasteiger partial charge in [0.1, 0.15) is 6.29 Å². The van der Waals surface area contributed by atoms with Crippen LogP contribution in [-0.2, 0) is 61.6 Å². The summed E-state index contributed by atoms with van der Waals surface area (Å²) >= 11 is 0. The molecule has 320 valence electrons. The molecule has 0 aromatic carbocycles. The summed E-state index contributed by atoms with van der Waals surface area (Å²) in [7, 11) is 0. The minimum absolute atomic E-state index is 0.00153. The van der Waals surface area contributed by atoms with Crippen LogP contribution in [-0.4, -0.2) is 123 Å². The van der Waals surface area contributed by atoms with Gasteiger partial charge < -0.3 is 61.6 Å². The number of carbonyl (C=O) groups is 1. The van der Waals surface area contributed by atoms with Crippen LogP contribution in [0, 0.1) is 0 Å². The number of ether oxygens (including phenoxy) is 12. The molecule has 13 heteroatoms. The molecule has 0 N–H and O–H groups in total. The fourth-order valence-corrected chi connectivity index (χ4v) is 4.97. The SMILES string of the molecule is C/C=C/CC1OCCO1.C/C=C\CC1OCCO1.CC/C=C/C1OCCO1.CC/C=C\C1OCCO1.CCCC1OCCO1.O=CCCCCC1OCCO1. The van der Waals surface area contributed by atoms with E-state index in [9.17, 15) is 4.79 Å². The zero-order valence-corrected chi connectivity index (χ0v) is 34.5. The van der Waals surface area contributed by atoms with Crippen molar-refractivity contribution in [1.82, 2.24) is 0 Å². The number of aldehydes is 1. The zero-order valence-electron chi connectivity index (χ0n) is 34.5. The van der Waals surface area contributed by atoms with Gasteiger partial charge in [-0.3, -0.25) is 0 Å². The van der Waals surface area contributed by atoms with E-state index in [0.717, 1.165) is 143 Å². The first kappa shape index (κ1) is 51.2. The number of carbonyl (C=O) groups excluding carboxylic acids is 1. The molecule has 6 saturated heterocycles. The topological polar surface area (TPSA) is 128 Å². The van der Waals surface area contributed by atoms with Crippen LogP contribution in [0.1, 0.15) is 98.8 Å². The van der Waals surface area contributed by atoms with Crippen molar-refractivity contribution >= 4 is 6.29 Å². The van der Waals surface area contributed by atoms with E-state index >= 15 is 0 Å². The van der Waals surface area contributed by atoms with Crippen molar-refractivity contribution < 1.29 is 61.6 Å². The number of unbranched alkanes of at least 4 members (excludes halogenated alkanes) is 2. The van der Waals surface area contributed by atoms with E-state index in [-0.39, 0.29) is 37.7 Å². The van der Waals surface area contributed by atoms with E-state index in [0.29, 0.717) is 6.42 Å². The maximum absolute atomic E-state index is 9.94. The van der Waals surface area contributed by atoms with Crippen molar-refractivity contribution in [2.24, 2.45) is 0 Å². The van der Waals surface area contributed by atoms with Crippen molar-refractivity contribution in [1.29, 1.82) is 0 Å². The van der Waals surface area contributed by atoms with Gasteiger partial charge in [-0.15, -0.1) is 0 Å². The average molecular weight is 787 g/mol. The predicted octanol–water partition coefficient (Wildman–Crippen LogP) is 7.58. The maximum atomic E-state index is 9.94. The molecular formula is C42H74O13. The molecule has 13 nitrogen and oxygen atoms in total. The first-order valence-electron chi connectivity index (χ1n) is 20.5. The summed E-state index contributed by atoms with van der Waals surface area (Å²) in [5.74, 6) is 0. The third-order valence-corrected chi connectivity index (χ3v) is 7.78. The van der Waals surface area contributed by atoms with Crippen LogP contribution in [0.15, 0.2) is 48.6 Å². The molecular weight excluding hydrogens is 712 g/mol. The molecule has 0 radical (unpaired) electrons. The highest BCUT2D eigenvalue weighted by molar-refractivity contribution is 5.48. The molecule has 6 heterocycles. The molecule has 0 saturated carbocycles. The van der Waals surface area contributed by atoms with E-state index in [1.807, 2.05) is 38.2 Å². The van der Waals surface area contributed by atoms with Gasteiger partial charge in [0, 0.05) is 19.3 Å². The van der Waals surface area contributed by atoms with Crippen LogP contribution in [0.3, 0.4) is 0 Å². The summed E-state index contributed by atoms with van der Waals surface area (Å²) in [5.41, 5.74) is 0. The zero-order chi connectivity index (χ0) is 39.9. The first-order valence-corrected chi connectivity index (χ1v) is 20.5. The minimum atomic E-state index is -0.0649. The van der Waals surface area contributed by atoms with Crippen LogP contribution in [0.4, 0.5) is 0 Å². The maximum Gasteiger partial charge on any atom is 0.177 e. The third kappa shape index (κ3) is 30.9. The molecule has 6 rings (SSSR count). The highest BCUT2D eigenvalue weighted by Gasteiger charge is 2.16. The van der Waals surface area contributed by atoms with Gasteiger partial charge in [-0.05, 0) is 64.5 Å². The van der Waals surface area contributed by atoms with Crippen molar-refractivity contribution in [3.8, 4) is 0 Å². The molecule has 0 aromatic heterocycles. The van der Waals surface area contributed by atoms with E-state index < -0.39 is 0 Å². The Hall–Kier alpha value is -1.85. The van der Waals surface area contributed by atoms with Gasteiger partial charge in [0.2, 0.25) is 0 Å². The Morgan fingerprint density at radius 2 is 0.782 bits per heavy atom. The van der Waals surface area contributed by atoms with E-state index in [2.05, 4.69) is 45.1 Å². The summed E-state index contributed by atoms with van der Waals surface area (Å²) in [4.78, 5) is 9.94. The highest BCUT2D eigenvalue weighted by Crippen LogP contribution is 2.12. The summed E-state index contributed by atoms with van der Waals surface area (Å²) in [6.45, 7) is 19.3. The Kier molecular flexibility index (Phi) is 36.3. The number of allylic oxidation sites excluding steroid dienone is 4. The largest absolute Gasteiger partial charge is 0.350 e. The Morgan fingerprint density at radius 1 is 0.436 bits per heavy atom. The molecule has 6 aliphatic rings. The second kappa shape index (κ2) is 39.0. The minimum Gasteiger partial charge on any atom is -0.350 e. The first-order chi connectivity index (χ1) is 27.1. The van der Waals surface area contributed by atoms with Gasteiger partial charge in [-0.2, -0.15) is 0 Å². The summed E-state index contributed by atoms with van der Waals surface area (Å²) in [6, 6.07) is 0. The van der Waals surface area contributed by atoms with Crippen molar-refractivity contribution in [2.75, 3.05) is 79.3 Å². The van der Waals surface area contributed by atoms with Gasteiger partial charge in [-0.1, -0.05) is 63.6 Å². The van der Waals surface area contributed by atoms with Crippen LogP contribution in [0.5, 0.6) is 0 Å². The lowest BCUT2D eigenvalue weighted by Crippen LogP contribution is -2.06. The normalized spacial score (nSPS) is 21.3. The van der Waals surface area contributed by atoms with Gasteiger partial charge in [0.25, 0.3) is 0 Å². The third-order valence-electron chi connectivity index (χ3n) is 7.78. The van der Waals surface area contributed by atoms with Crippen molar-refractivity contribution in [3.63, 3.8) is 0 Å². The van der Waals surface area contributed by atoms with E-state index in [1.165, 1.54) is 0 Å². The Balaban J connectivity index is 0.000000331. The molecule has 0 aliphatic carbocycles. The molecule has 0 unspecified atom stereocenters. The lowest BCUT2D eigenvalue weighted by molar-refractivity contribution is -0.108. The quantitative estimate of drug-likeness (QED) is 0.0920. The molecule has 0 spiro atoms. The van der Waals surface area contributed by atoms with Crippen LogP contribution in [0.25, 0.3) is 0 Å². The number of rotatable bonds is 15. The van der Waals surface area contributed by atoms with Gasteiger partial charge in [0.05, 0.1) is 79.3 Å². The number of hydrogen-bond donors (Lipinski definition) is 0. The molecule has 0 aromatic rings. The second-order valence-corrected chi connectivity index (χ2v) is 12.4. The summed E-state index contributed by atoms with van der Waals surface area (Å²) in [5, 5.41) is 0. The van der Waals surface area contributed by atoms with Crippen LogP contribution < -0.4 is 0 Å². The van der Waals surface area contributed by atoms with Gasteiger partial charge >= 0.3 is 0 Å². The average Bonchev–Trinajstić information content (AvgIpc) is 4.07. The lowest BCUT2D eigenvalue weighted by Gasteiger charge is -2.06. The van der Waals surface area contributed by atoms with E-state index in [4.69, 9.17) is 56.8 Å². The molecule has 0 bridgehead atoms. The van der Waals surface area contributed by atoms with Crippen LogP contribution in [0.2, 0.25) is 0 Å². The predicted molar refractivity (Wildman–Crippen MR) is 211 cm³/mol. The van der Waals surface area contributed by atoms with Crippen molar-refractivity contribution in [3.05, 3.63) is 48.6 Å². The summed E-state index contributed by atoms with van der Waals surface area (Å²) in [6.07, 6.45) is 26.7. The Bertz CT molecular complexity index is 872. The molecule has 6 fully saturated rings. The Morgan fingerprint density at radius 3 is 1.11 bits per heavy atom. The smallest absolute Gasteiger partial charge is 0.177 e. The second-order valence-electron chi connectivity index (χ2n) is 12.4. The fraction of sp³-hybridized carbons (Fsp3) is 0.786. The standard InChI is InChI=1S/C8H14O3.4C7H12O2.C6H12O2/c9-5-3-1-2-4-8-10-6-7-11-8;4*1-2-3-4-7-8-5-6-9-7;1-2-3-6-7-4-5-8-6/h5,8H,1-4,6-7H2;2*3-4,7H,2,5-6H2,1H3;2*2-3,7H,4-6H2,1H3;6H,2-5H2,1H3/b;4-3+;4-3-;3-2+;3-2-;. The summed E-state index contributed by atoms with van der Waals surface area (Å²) < 4.78 is 62.1. The fourth-order valence-electron chi connectivity index (χ4n) is 4.97. The molecule has 0 atom stereocenters. The number of hydrogen-bond acceptors (Lipinski definition) is 13. The highest BCUT2D eigenvalue weighted by atomic mass is 16.7. The molecule has 0 amide bonds. The Labute approximate surface area is 331 Å². The molecule has 6 aliphatic heterocycles. The van der Waals surface area contributed by atoms with E-state index in [1.54, 1.807) is 0 Å². The molecule has 55 heavy (non-hydrogen) atoms.